The van der Waals surface area contributed by atoms with Crippen molar-refractivity contribution in [2.45, 2.75) is 95.2 Å². The van der Waals surface area contributed by atoms with E-state index >= 15 is 0 Å². The topological polar surface area (TPSA) is 155 Å². The third-order valence-electron chi connectivity index (χ3n) is 11.7. The zero-order valence-corrected chi connectivity index (χ0v) is 33.4. The number of fused-ring (bicyclic) bond motifs is 2. The number of carbonyl (C=O) groups excluding carboxylic acids is 2. The normalized spacial score (nSPS) is 26.9. The fourth-order valence-corrected chi connectivity index (χ4v) is 9.06. The first-order valence-electron chi connectivity index (χ1n) is 20.4. The third kappa shape index (κ3) is 9.17. The maximum absolute atomic E-state index is 13.7. The van der Waals surface area contributed by atoms with Gasteiger partial charge in [0.05, 0.1) is 44.1 Å². The Morgan fingerprint density at radius 2 is 1.84 bits per heavy atom. The first-order chi connectivity index (χ1) is 27.8. The van der Waals surface area contributed by atoms with Crippen molar-refractivity contribution in [1.82, 2.24) is 4.90 Å². The lowest BCUT2D eigenvalue weighted by Gasteiger charge is -2.59. The van der Waals surface area contributed by atoms with E-state index in [-0.39, 0.29) is 50.6 Å². The van der Waals surface area contributed by atoms with Crippen LogP contribution in [0.25, 0.3) is 0 Å². The van der Waals surface area contributed by atoms with Crippen molar-refractivity contribution in [3.8, 4) is 23.0 Å². The summed E-state index contributed by atoms with van der Waals surface area (Å²) < 4.78 is 37.3. The summed E-state index contributed by atoms with van der Waals surface area (Å²) in [6.45, 7) is 6.85. The quantitative estimate of drug-likeness (QED) is 0.0628. The van der Waals surface area contributed by atoms with E-state index in [1.807, 2.05) is 18.2 Å². The van der Waals surface area contributed by atoms with E-state index in [1.54, 1.807) is 43.1 Å². The number of aliphatic hydroxyl groups is 2. The van der Waals surface area contributed by atoms with E-state index in [0.29, 0.717) is 53.7 Å². The number of rotatable bonds is 19. The second-order valence-electron chi connectivity index (χ2n) is 15.1. The van der Waals surface area contributed by atoms with Gasteiger partial charge in [-0.15, -0.1) is 6.58 Å². The lowest BCUT2D eigenvalue weighted by molar-refractivity contribution is -0.254. The highest BCUT2D eigenvalue weighted by Gasteiger charge is 2.65. The molecule has 4 aliphatic rings. The maximum atomic E-state index is 13.7. The van der Waals surface area contributed by atoms with Gasteiger partial charge in [0.2, 0.25) is 12.1 Å². The number of hydrogen-bond acceptors (Lipinski definition) is 12. The molecule has 2 aliphatic heterocycles. The number of oxime groups is 1. The van der Waals surface area contributed by atoms with Crippen LogP contribution in [0.4, 0.5) is 4.79 Å². The molecule has 2 N–H and O–H groups in total. The summed E-state index contributed by atoms with van der Waals surface area (Å²) in [6.07, 6.45) is 11.1. The fourth-order valence-electron chi connectivity index (χ4n) is 9.06. The third-order valence-corrected chi connectivity index (χ3v) is 11.7. The molecule has 1 saturated carbocycles. The molecule has 0 aromatic heterocycles. The number of unbranched alkanes of at least 4 members (excludes halogenated alkanes) is 2. The lowest BCUT2D eigenvalue weighted by Crippen LogP contribution is -2.69. The molecular weight excluding hydrogens is 732 g/mol. The Balaban J connectivity index is 1.55. The number of ether oxygens (including phenoxy) is 6. The Hall–Kier alpha value is -4.43. The van der Waals surface area contributed by atoms with Crippen molar-refractivity contribution in [3.63, 3.8) is 0 Å². The molecule has 57 heavy (non-hydrogen) atoms. The van der Waals surface area contributed by atoms with Crippen molar-refractivity contribution in [3.05, 3.63) is 71.8 Å². The molecule has 2 heterocycles. The first kappa shape index (κ1) is 42.2. The molecule has 0 radical (unpaired) electrons. The summed E-state index contributed by atoms with van der Waals surface area (Å²) in [4.78, 5) is 33.2. The van der Waals surface area contributed by atoms with Gasteiger partial charge in [-0.1, -0.05) is 30.1 Å². The van der Waals surface area contributed by atoms with Crippen LogP contribution in [0, 0.1) is 17.8 Å². The minimum absolute atomic E-state index is 0.0340. The van der Waals surface area contributed by atoms with Crippen LogP contribution in [0.3, 0.4) is 0 Å². The number of aliphatic hydroxyl groups excluding tert-OH is 2. The minimum Gasteiger partial charge on any atom is -0.496 e. The number of aldehydes is 1. The molecule has 7 atom stereocenters. The number of likely N-dealkylation sites (N-methyl/N-ethyl adjacent to an activating group) is 1. The molecule has 13 heteroatoms. The molecule has 0 bridgehead atoms. The van der Waals surface area contributed by atoms with Gasteiger partial charge in [0, 0.05) is 44.6 Å². The Kier molecular flexibility index (Phi) is 14.7. The number of hydrogen-bond donors (Lipinski definition) is 2. The molecule has 2 aromatic rings. The smallest absolute Gasteiger partial charge is 0.409 e. The predicted molar refractivity (Wildman–Crippen MR) is 213 cm³/mol. The van der Waals surface area contributed by atoms with Crippen LogP contribution < -0.4 is 14.2 Å². The SMILES string of the molecule is C=CCO[C@@]12Oc3ccc(Oc4ccc(OC)c(C=O)c4)cc3[C@H]3[C@H](CCCCO)[C@@H](CCCCO)C=C(C(=NOC4CCCCO4)C[C@@H]1N(C)C(=O)OCC)[C@H]32. The van der Waals surface area contributed by atoms with Crippen LogP contribution in [-0.4, -0.2) is 98.5 Å². The van der Waals surface area contributed by atoms with E-state index in [2.05, 4.69) is 12.7 Å². The molecule has 2 aromatic carbocycles. The number of allylic oxidation sites excluding steroid dienone is 1. The van der Waals surface area contributed by atoms with Crippen molar-refractivity contribution in [2.24, 2.45) is 22.9 Å². The van der Waals surface area contributed by atoms with E-state index in [9.17, 15) is 19.8 Å². The van der Waals surface area contributed by atoms with Crippen LogP contribution in [0.2, 0.25) is 0 Å². The molecule has 0 spiro atoms. The van der Waals surface area contributed by atoms with Crippen molar-refractivity contribution >= 4 is 18.1 Å². The molecule has 1 saturated heterocycles. The summed E-state index contributed by atoms with van der Waals surface area (Å²) in [7, 11) is 3.21. The van der Waals surface area contributed by atoms with Gasteiger partial charge < -0.3 is 48.4 Å². The van der Waals surface area contributed by atoms with Crippen LogP contribution in [0.15, 0.2) is 65.9 Å². The van der Waals surface area contributed by atoms with Gasteiger partial charge in [-0.25, -0.2) is 4.79 Å². The fraction of sp³-hybridized carbons (Fsp3) is 0.568. The summed E-state index contributed by atoms with van der Waals surface area (Å²) in [6, 6.07) is 10.1. The summed E-state index contributed by atoms with van der Waals surface area (Å²) in [5.74, 6) is 0.0193. The number of methoxy groups -OCH3 is 1. The van der Waals surface area contributed by atoms with Crippen molar-refractivity contribution < 1.29 is 53.1 Å². The Morgan fingerprint density at radius 3 is 2.54 bits per heavy atom. The zero-order valence-electron chi connectivity index (χ0n) is 33.4. The Morgan fingerprint density at radius 1 is 1.07 bits per heavy atom. The van der Waals surface area contributed by atoms with Crippen LogP contribution in [-0.2, 0) is 19.0 Å². The lowest BCUT2D eigenvalue weighted by atomic mass is 9.55. The van der Waals surface area contributed by atoms with Gasteiger partial charge >= 0.3 is 6.09 Å². The summed E-state index contributed by atoms with van der Waals surface area (Å²) in [5.41, 5.74) is 2.87. The summed E-state index contributed by atoms with van der Waals surface area (Å²) >= 11 is 0. The summed E-state index contributed by atoms with van der Waals surface area (Å²) in [5, 5.41) is 24.6. The number of amides is 1. The Labute approximate surface area is 335 Å². The average molecular weight is 791 g/mol. The van der Waals surface area contributed by atoms with E-state index in [0.717, 1.165) is 62.4 Å². The molecule has 6 rings (SSSR count). The highest BCUT2D eigenvalue weighted by molar-refractivity contribution is 6.03. The molecule has 1 amide bonds. The second kappa shape index (κ2) is 19.8. The molecular formula is C44H58N2O11. The van der Waals surface area contributed by atoms with Gasteiger partial charge in [-0.2, -0.15) is 0 Å². The average Bonchev–Trinajstić information content (AvgIpc) is 3.23. The Bertz CT molecular complexity index is 1760. The number of benzene rings is 2. The van der Waals surface area contributed by atoms with Gasteiger partial charge in [0.1, 0.15) is 29.0 Å². The molecule has 2 fully saturated rings. The number of nitrogens with zero attached hydrogens (tertiary/aromatic N) is 2. The van der Waals surface area contributed by atoms with Crippen LogP contribution >= 0.6 is 0 Å². The molecule has 2 aliphatic carbocycles. The van der Waals surface area contributed by atoms with E-state index < -0.39 is 30.1 Å². The van der Waals surface area contributed by atoms with Gasteiger partial charge in [0.25, 0.3) is 0 Å². The largest absolute Gasteiger partial charge is 0.496 e. The van der Waals surface area contributed by atoms with Gasteiger partial charge in [-0.05, 0) is 99.3 Å². The van der Waals surface area contributed by atoms with Gasteiger partial charge in [-0.3, -0.25) is 4.79 Å². The van der Waals surface area contributed by atoms with Crippen LogP contribution in [0.5, 0.6) is 23.0 Å². The monoisotopic (exact) mass is 790 g/mol. The molecule has 13 nitrogen and oxygen atoms in total. The molecule has 310 valence electrons. The first-order valence-corrected chi connectivity index (χ1v) is 20.4. The van der Waals surface area contributed by atoms with E-state index in [4.69, 9.17) is 38.4 Å². The minimum atomic E-state index is -1.40. The van der Waals surface area contributed by atoms with Gasteiger partial charge in [0.15, 0.2) is 6.29 Å². The standard InChI is InChI=1S/C44H58N2O11/c1-5-22-54-44-39(46(3)43(50)52-6-2)27-36(45-57-40-15-9-12-23-53-40)34-25-29(13-7-10-20-47)33(14-8-11-21-48)41(42(34)44)35-26-32(17-19-38(35)56-44)55-31-16-18-37(51-4)30(24-31)28-49/h5,16-19,24-26,28-29,33,39-42,47-48H,1,6-15,20-23,27H2,2-4H3/t29-,33+,39-,40?,41+,42+,44+/m0/s1. The van der Waals surface area contributed by atoms with Crippen molar-refractivity contribution in [2.75, 3.05) is 47.2 Å². The highest BCUT2D eigenvalue weighted by atomic mass is 16.8. The number of carbonyl (C=O) groups is 2. The second-order valence-corrected chi connectivity index (χ2v) is 15.1. The van der Waals surface area contributed by atoms with E-state index in [1.165, 1.54) is 7.11 Å². The predicted octanol–water partition coefficient (Wildman–Crippen LogP) is 7.55. The van der Waals surface area contributed by atoms with Crippen molar-refractivity contribution in [1.29, 1.82) is 0 Å². The highest BCUT2D eigenvalue weighted by Crippen LogP contribution is 2.62. The zero-order chi connectivity index (χ0) is 40.4. The van der Waals surface area contributed by atoms with Crippen LogP contribution in [0.1, 0.15) is 93.0 Å². The molecule has 1 unspecified atom stereocenters. The maximum Gasteiger partial charge on any atom is 0.409 e.